The van der Waals surface area contributed by atoms with Crippen LogP contribution in [-0.4, -0.2) is 8.76 Å². The van der Waals surface area contributed by atoms with Gasteiger partial charge < -0.3 is 4.55 Å². The minimum absolute atomic E-state index is 0.767. The molecule has 0 aliphatic carbocycles. The summed E-state index contributed by atoms with van der Waals surface area (Å²) in [6.07, 6.45) is 0. The van der Waals surface area contributed by atoms with Crippen molar-refractivity contribution >= 4 is 11.1 Å². The normalized spacial score (nSPS) is 14.2. The molecule has 1 N–H and O–H groups in total. The maximum absolute atomic E-state index is 12.7. The van der Waals surface area contributed by atoms with Gasteiger partial charge in [-0.05, 0) is 12.1 Å². The predicted octanol–water partition coefficient (Wildman–Crippen LogP) is 2.10. The van der Waals surface area contributed by atoms with E-state index < -0.39 is 27.7 Å². The maximum atomic E-state index is 12.7. The quantitative estimate of drug-likeness (QED) is 0.759. The van der Waals surface area contributed by atoms with Gasteiger partial charge in [0.05, 0.1) is 5.56 Å². The Hall–Kier alpha value is -0.880. The molecule has 6 heteroatoms. The lowest BCUT2D eigenvalue weighted by Crippen LogP contribution is -2.21. The van der Waals surface area contributed by atoms with Crippen LogP contribution in [0.25, 0.3) is 0 Å². The second kappa shape index (κ2) is 3.47. The number of benzene rings is 1. The topological polar surface area (TPSA) is 37.3 Å². The van der Waals surface area contributed by atoms with Crippen LogP contribution in [-0.2, 0) is 16.3 Å². The summed E-state index contributed by atoms with van der Waals surface area (Å²) < 4.78 is 56.6. The van der Waals surface area contributed by atoms with Crippen LogP contribution in [0.5, 0.6) is 0 Å². The van der Waals surface area contributed by atoms with Crippen LogP contribution in [0, 0.1) is 5.82 Å². The Balaban J connectivity index is 3.22. The number of hydrogen-bond donors (Lipinski definition) is 1. The summed E-state index contributed by atoms with van der Waals surface area (Å²) in [5, 5.41) is -4.06. The summed E-state index contributed by atoms with van der Waals surface area (Å²) >= 11 is -3.41. The van der Waals surface area contributed by atoms with Crippen LogP contribution in [0.2, 0.25) is 0 Å². The average Bonchev–Trinajstić information content (AvgIpc) is 2.04. The smallest absolute Gasteiger partial charge is 0.301 e. The predicted molar refractivity (Wildman–Crippen MR) is 41.1 cm³/mol. The molecule has 1 unspecified atom stereocenters. The van der Waals surface area contributed by atoms with Crippen LogP contribution in [0.4, 0.5) is 13.2 Å². The molecule has 1 rings (SSSR count). The van der Waals surface area contributed by atoms with Gasteiger partial charge in [0.25, 0.3) is 0 Å². The molecular weight excluding hydrogens is 205 g/mol. The Bertz CT molecular complexity index is 340. The van der Waals surface area contributed by atoms with Crippen molar-refractivity contribution < 1.29 is 21.9 Å². The molecule has 13 heavy (non-hydrogen) atoms. The summed E-state index contributed by atoms with van der Waals surface area (Å²) in [4.78, 5) is 0. The molecule has 0 fully saturated rings. The van der Waals surface area contributed by atoms with E-state index in [9.17, 15) is 17.4 Å². The van der Waals surface area contributed by atoms with E-state index in [-0.39, 0.29) is 0 Å². The van der Waals surface area contributed by atoms with Crippen LogP contribution < -0.4 is 0 Å². The van der Waals surface area contributed by atoms with Crippen LogP contribution in [0.15, 0.2) is 24.3 Å². The lowest BCUT2D eigenvalue weighted by atomic mass is 10.2. The Morgan fingerprint density at radius 1 is 1.31 bits per heavy atom. The number of hydrogen-bond acceptors (Lipinski definition) is 1. The van der Waals surface area contributed by atoms with Crippen molar-refractivity contribution in [3.8, 4) is 0 Å². The minimum Gasteiger partial charge on any atom is -0.301 e. The summed E-state index contributed by atoms with van der Waals surface area (Å²) in [7, 11) is 0. The molecule has 0 aromatic heterocycles. The van der Waals surface area contributed by atoms with Crippen LogP contribution in [0.1, 0.15) is 5.56 Å². The van der Waals surface area contributed by atoms with E-state index in [0.29, 0.717) is 0 Å². The number of halogens is 3. The molecule has 0 spiro atoms. The monoisotopic (exact) mass is 210 g/mol. The van der Waals surface area contributed by atoms with Crippen molar-refractivity contribution in [2.45, 2.75) is 5.25 Å². The molecule has 0 saturated heterocycles. The zero-order chi connectivity index (χ0) is 10.1. The van der Waals surface area contributed by atoms with E-state index in [0.717, 1.165) is 12.1 Å². The van der Waals surface area contributed by atoms with E-state index in [1.165, 1.54) is 12.1 Å². The van der Waals surface area contributed by atoms with Gasteiger partial charge in [-0.2, -0.15) is 8.78 Å². The van der Waals surface area contributed by atoms with Crippen LogP contribution in [0.3, 0.4) is 0 Å². The van der Waals surface area contributed by atoms with Crippen molar-refractivity contribution in [3.63, 3.8) is 0 Å². The Morgan fingerprint density at radius 2 is 1.85 bits per heavy atom. The molecule has 1 aromatic carbocycles. The van der Waals surface area contributed by atoms with E-state index in [1.54, 1.807) is 0 Å². The van der Waals surface area contributed by atoms with Gasteiger partial charge in [0, 0.05) is 0 Å². The summed E-state index contributed by atoms with van der Waals surface area (Å²) in [6.45, 7) is 0. The minimum atomic E-state index is -4.06. The molecule has 72 valence electrons. The molecule has 0 amide bonds. The van der Waals surface area contributed by atoms with E-state index >= 15 is 0 Å². The third-order valence-electron chi connectivity index (χ3n) is 1.41. The lowest BCUT2D eigenvalue weighted by molar-refractivity contribution is 0.0843. The summed E-state index contributed by atoms with van der Waals surface area (Å²) in [5.74, 6) is -1.20. The van der Waals surface area contributed by atoms with Gasteiger partial charge in [-0.3, -0.25) is 0 Å². The molecule has 2 nitrogen and oxygen atoms in total. The average molecular weight is 210 g/mol. The van der Waals surface area contributed by atoms with Crippen molar-refractivity contribution in [2.24, 2.45) is 0 Å². The Labute approximate surface area is 74.7 Å². The molecule has 1 aromatic rings. The maximum Gasteiger partial charge on any atom is 0.373 e. The molecule has 0 heterocycles. The Kier molecular flexibility index (Phi) is 2.72. The number of alkyl halides is 2. The fourth-order valence-corrected chi connectivity index (χ4v) is 1.14. The van der Waals surface area contributed by atoms with Gasteiger partial charge in [-0.1, -0.05) is 12.1 Å². The van der Waals surface area contributed by atoms with Crippen molar-refractivity contribution in [1.82, 2.24) is 0 Å². The highest BCUT2D eigenvalue weighted by molar-refractivity contribution is 7.79. The molecule has 0 saturated carbocycles. The summed E-state index contributed by atoms with van der Waals surface area (Å²) in [6, 6.07) is 3.95. The van der Waals surface area contributed by atoms with Crippen molar-refractivity contribution in [3.05, 3.63) is 35.6 Å². The second-order valence-electron chi connectivity index (χ2n) is 2.25. The standard InChI is InChI=1S/C7H5F3O2S/c8-6-4-2-1-3-5(6)7(9,10)13(11)12/h1-4H,(H,11,12). The van der Waals surface area contributed by atoms with E-state index in [2.05, 4.69) is 0 Å². The molecular formula is C7H5F3O2S. The van der Waals surface area contributed by atoms with Gasteiger partial charge in [0.1, 0.15) is 5.82 Å². The fourth-order valence-electron chi connectivity index (χ4n) is 0.791. The highest BCUT2D eigenvalue weighted by atomic mass is 32.2. The fraction of sp³-hybridized carbons (Fsp3) is 0.143. The zero-order valence-corrected chi connectivity index (χ0v) is 7.02. The molecule has 0 aliphatic rings. The van der Waals surface area contributed by atoms with Crippen molar-refractivity contribution in [1.29, 1.82) is 0 Å². The van der Waals surface area contributed by atoms with Crippen molar-refractivity contribution in [2.75, 3.05) is 0 Å². The molecule has 0 radical (unpaired) electrons. The molecule has 0 bridgehead atoms. The largest absolute Gasteiger partial charge is 0.373 e. The van der Waals surface area contributed by atoms with Gasteiger partial charge in [0.15, 0.2) is 0 Å². The van der Waals surface area contributed by atoms with E-state index in [1.807, 2.05) is 0 Å². The highest BCUT2D eigenvalue weighted by Crippen LogP contribution is 2.32. The van der Waals surface area contributed by atoms with Gasteiger partial charge in [-0.25, -0.2) is 8.60 Å². The molecule has 0 aliphatic heterocycles. The first-order valence-corrected chi connectivity index (χ1v) is 4.30. The lowest BCUT2D eigenvalue weighted by Gasteiger charge is -2.12. The highest BCUT2D eigenvalue weighted by Gasteiger charge is 2.41. The third-order valence-corrected chi connectivity index (χ3v) is 2.07. The van der Waals surface area contributed by atoms with Crippen LogP contribution >= 0.6 is 0 Å². The second-order valence-corrected chi connectivity index (χ2v) is 3.26. The van der Waals surface area contributed by atoms with Gasteiger partial charge in [0.2, 0.25) is 11.1 Å². The zero-order valence-electron chi connectivity index (χ0n) is 6.21. The molecule has 1 atom stereocenters. The summed E-state index contributed by atoms with van der Waals surface area (Å²) in [5.41, 5.74) is -1.07. The van der Waals surface area contributed by atoms with Gasteiger partial charge >= 0.3 is 5.25 Å². The van der Waals surface area contributed by atoms with Gasteiger partial charge in [-0.15, -0.1) is 0 Å². The SMILES string of the molecule is O=S(O)C(F)(F)c1ccccc1F. The number of rotatable bonds is 2. The third kappa shape index (κ3) is 1.89. The Morgan fingerprint density at radius 3 is 2.31 bits per heavy atom. The first-order valence-electron chi connectivity index (χ1n) is 3.20. The van der Waals surface area contributed by atoms with E-state index in [4.69, 9.17) is 4.55 Å². The first-order chi connectivity index (χ1) is 5.96. The first kappa shape index (κ1) is 10.2.